The molecule has 0 saturated carbocycles. The first-order chi connectivity index (χ1) is 32.0. The van der Waals surface area contributed by atoms with Crippen molar-refractivity contribution in [2.45, 2.75) is 34.5 Å². The third-order valence-corrected chi connectivity index (χ3v) is 16.0. The molecule has 1 aromatic heterocycles. The van der Waals surface area contributed by atoms with E-state index in [1.807, 2.05) is 11.8 Å². The highest BCUT2D eigenvalue weighted by Crippen LogP contribution is 2.62. The summed E-state index contributed by atoms with van der Waals surface area (Å²) in [5, 5.41) is 5.00. The number of aromatic nitrogens is 1. The first-order valence-electron chi connectivity index (χ1n) is 22.7. The van der Waals surface area contributed by atoms with E-state index in [-0.39, 0.29) is 5.41 Å². The molecule has 0 bridgehead atoms. The van der Waals surface area contributed by atoms with Crippen LogP contribution in [0.2, 0.25) is 0 Å². The lowest BCUT2D eigenvalue weighted by molar-refractivity contribution is 0.660. The molecule has 11 aromatic rings. The molecule has 2 nitrogen and oxygen atoms in total. The molecule has 1 aliphatic heterocycles. The molecule has 3 aliphatic rings. The van der Waals surface area contributed by atoms with Gasteiger partial charge in [0.15, 0.2) is 0 Å². The lowest BCUT2D eigenvalue weighted by atomic mass is 9.59. The molecule has 0 unspecified atom stereocenters. The van der Waals surface area contributed by atoms with E-state index in [0.29, 0.717) is 0 Å². The molecule has 10 aromatic carbocycles. The van der Waals surface area contributed by atoms with Crippen LogP contribution in [0.4, 0.5) is 17.1 Å². The third-order valence-electron chi connectivity index (χ3n) is 14.8. The van der Waals surface area contributed by atoms with Crippen LogP contribution in [0.3, 0.4) is 0 Å². The predicted molar refractivity (Wildman–Crippen MR) is 272 cm³/mol. The van der Waals surface area contributed by atoms with Crippen LogP contribution < -0.4 is 4.90 Å². The summed E-state index contributed by atoms with van der Waals surface area (Å²) < 4.78 is 2.51. The number of hydrogen-bond acceptors (Lipinski definition) is 2. The van der Waals surface area contributed by atoms with E-state index >= 15 is 0 Å². The molecule has 14 rings (SSSR count). The first-order valence-corrected chi connectivity index (χ1v) is 23.5. The molecule has 0 amide bonds. The van der Waals surface area contributed by atoms with Gasteiger partial charge in [-0.3, -0.25) is 0 Å². The molecule has 0 N–H and O–H groups in total. The topological polar surface area (TPSA) is 8.17 Å². The standard InChI is InChI=1S/C62H42N2S/c1-61(2)47-24-9-7-22-44(47)60-51(61)28-17-31-56(60)64-53-30-13-8-21-42(53)46-38-40(34-36-55(46)64)63(39-18-4-3-5-19-39)54-37-35-43-41-20-6-10-25-48(41)62(52-29-16-23-45(54)59(43)52)49-26-11-14-32-57(49)65-58-33-15-12-27-50(58)62/h3-38H,1-2H3. The highest BCUT2D eigenvalue weighted by atomic mass is 32.2. The fourth-order valence-electron chi connectivity index (χ4n) is 12.2. The monoisotopic (exact) mass is 846 g/mol. The molecular weight excluding hydrogens is 805 g/mol. The van der Waals surface area contributed by atoms with E-state index < -0.39 is 5.41 Å². The van der Waals surface area contributed by atoms with Gasteiger partial charge in [-0.15, -0.1) is 0 Å². The Morgan fingerprint density at radius 2 is 1.00 bits per heavy atom. The Balaban J connectivity index is 1.03. The van der Waals surface area contributed by atoms with Gasteiger partial charge in [-0.2, -0.15) is 0 Å². The summed E-state index contributed by atoms with van der Waals surface area (Å²) >= 11 is 1.89. The van der Waals surface area contributed by atoms with Crippen molar-refractivity contribution >= 4 is 61.4 Å². The average molecular weight is 847 g/mol. The molecule has 306 valence electrons. The number of hydrogen-bond donors (Lipinski definition) is 0. The molecule has 3 heteroatoms. The van der Waals surface area contributed by atoms with Crippen molar-refractivity contribution in [3.63, 3.8) is 0 Å². The van der Waals surface area contributed by atoms with Crippen molar-refractivity contribution in [2.24, 2.45) is 0 Å². The number of para-hydroxylation sites is 2. The highest BCUT2D eigenvalue weighted by Gasteiger charge is 2.48. The second kappa shape index (κ2) is 13.5. The van der Waals surface area contributed by atoms with Crippen LogP contribution in [-0.4, -0.2) is 4.57 Å². The Kier molecular flexibility index (Phi) is 7.63. The second-order valence-corrected chi connectivity index (χ2v) is 19.4. The van der Waals surface area contributed by atoms with Crippen molar-refractivity contribution in [2.75, 3.05) is 4.90 Å². The minimum Gasteiger partial charge on any atom is -0.310 e. The van der Waals surface area contributed by atoms with Gasteiger partial charge in [0.2, 0.25) is 0 Å². The maximum atomic E-state index is 2.51. The Labute approximate surface area is 383 Å². The summed E-state index contributed by atoms with van der Waals surface area (Å²) in [4.78, 5) is 5.10. The van der Waals surface area contributed by atoms with Crippen molar-refractivity contribution in [1.29, 1.82) is 0 Å². The molecule has 0 saturated heterocycles. The summed E-state index contributed by atoms with van der Waals surface area (Å²) in [6.45, 7) is 4.73. The normalized spacial score (nSPS) is 14.5. The average Bonchev–Trinajstić information content (AvgIpc) is 3.81. The van der Waals surface area contributed by atoms with Crippen LogP contribution in [0.25, 0.3) is 60.5 Å². The van der Waals surface area contributed by atoms with Crippen LogP contribution in [0, 0.1) is 0 Å². The van der Waals surface area contributed by atoms with Crippen LogP contribution in [0.15, 0.2) is 228 Å². The molecule has 0 fully saturated rings. The van der Waals surface area contributed by atoms with Gasteiger partial charge in [-0.25, -0.2) is 0 Å². The summed E-state index contributed by atoms with van der Waals surface area (Å²) in [7, 11) is 0. The summed E-state index contributed by atoms with van der Waals surface area (Å²) in [5.41, 5.74) is 19.8. The summed E-state index contributed by atoms with van der Waals surface area (Å²) in [6, 6.07) is 82.0. The van der Waals surface area contributed by atoms with Crippen LogP contribution >= 0.6 is 11.8 Å². The molecule has 1 spiro atoms. The quantitative estimate of drug-likeness (QED) is 0.174. The summed E-state index contributed by atoms with van der Waals surface area (Å²) in [5.74, 6) is 0. The minimum absolute atomic E-state index is 0.0901. The number of anilines is 3. The largest absolute Gasteiger partial charge is 0.310 e. The molecular formula is C62H42N2S. The maximum absolute atomic E-state index is 2.51. The van der Waals surface area contributed by atoms with E-state index in [1.165, 1.54) is 104 Å². The van der Waals surface area contributed by atoms with Crippen LogP contribution in [-0.2, 0) is 10.8 Å². The van der Waals surface area contributed by atoms with Gasteiger partial charge in [-0.05, 0) is 116 Å². The Morgan fingerprint density at radius 3 is 1.80 bits per heavy atom. The SMILES string of the molecule is CC1(C)c2ccccc2-c2c(-n3c4ccccc4c4cc(N(c5ccccc5)c5ccc6c7c(cccc57)C5(c7ccccc7Sc7ccccc75)c5ccccc5-6)ccc43)cccc21. The van der Waals surface area contributed by atoms with Crippen molar-refractivity contribution in [3.8, 4) is 27.9 Å². The van der Waals surface area contributed by atoms with Crippen molar-refractivity contribution < 1.29 is 0 Å². The summed E-state index contributed by atoms with van der Waals surface area (Å²) in [6.07, 6.45) is 0. The van der Waals surface area contributed by atoms with E-state index in [0.717, 1.165) is 17.1 Å². The molecule has 65 heavy (non-hydrogen) atoms. The van der Waals surface area contributed by atoms with Crippen molar-refractivity contribution in [3.05, 3.63) is 252 Å². The highest BCUT2D eigenvalue weighted by molar-refractivity contribution is 7.99. The second-order valence-electron chi connectivity index (χ2n) is 18.3. The van der Waals surface area contributed by atoms with Gasteiger partial charge >= 0.3 is 0 Å². The van der Waals surface area contributed by atoms with Gasteiger partial charge in [0.05, 0.1) is 27.8 Å². The van der Waals surface area contributed by atoms with E-state index in [9.17, 15) is 0 Å². The van der Waals surface area contributed by atoms with Gasteiger partial charge in [0, 0.05) is 48.3 Å². The molecule has 0 radical (unpaired) electrons. The van der Waals surface area contributed by atoms with E-state index in [4.69, 9.17) is 0 Å². The predicted octanol–water partition coefficient (Wildman–Crippen LogP) is 16.5. The molecule has 2 heterocycles. The minimum atomic E-state index is -0.494. The Bertz CT molecular complexity index is 3750. The number of rotatable bonds is 4. The first kappa shape index (κ1) is 36.8. The number of fused-ring (bicyclic) bond motifs is 14. The van der Waals surface area contributed by atoms with Crippen molar-refractivity contribution in [1.82, 2.24) is 4.57 Å². The van der Waals surface area contributed by atoms with Gasteiger partial charge in [-0.1, -0.05) is 183 Å². The zero-order chi connectivity index (χ0) is 43.0. The Morgan fingerprint density at radius 1 is 0.400 bits per heavy atom. The third kappa shape index (κ3) is 4.86. The number of nitrogens with zero attached hydrogens (tertiary/aromatic N) is 2. The zero-order valence-electron chi connectivity index (χ0n) is 36.1. The van der Waals surface area contributed by atoms with Gasteiger partial charge in [0.25, 0.3) is 0 Å². The lowest BCUT2D eigenvalue weighted by Gasteiger charge is -2.46. The van der Waals surface area contributed by atoms with Crippen LogP contribution in [0.5, 0.6) is 0 Å². The maximum Gasteiger partial charge on any atom is 0.0735 e. The van der Waals surface area contributed by atoms with E-state index in [1.54, 1.807) is 0 Å². The molecule has 2 aliphatic carbocycles. The van der Waals surface area contributed by atoms with Crippen LogP contribution in [0.1, 0.15) is 47.2 Å². The number of benzene rings is 10. The lowest BCUT2D eigenvalue weighted by Crippen LogP contribution is -2.36. The smallest absolute Gasteiger partial charge is 0.0735 e. The fourth-order valence-corrected chi connectivity index (χ4v) is 13.4. The Hall–Kier alpha value is -7.59. The zero-order valence-corrected chi connectivity index (χ0v) is 36.9. The van der Waals surface area contributed by atoms with Gasteiger partial charge < -0.3 is 9.47 Å². The van der Waals surface area contributed by atoms with E-state index in [2.05, 4.69) is 242 Å². The van der Waals surface area contributed by atoms with Gasteiger partial charge in [0.1, 0.15) is 0 Å². The fraction of sp³-hybridized carbons (Fsp3) is 0.0645. The molecule has 0 atom stereocenters.